The summed E-state index contributed by atoms with van der Waals surface area (Å²) in [4.78, 5) is 16.0. The number of pyridine rings is 1. The normalized spacial score (nSPS) is 10.3. The van der Waals surface area contributed by atoms with Crippen LogP contribution in [0.5, 0.6) is 0 Å². The number of aromatic nitrogens is 1. The highest BCUT2D eigenvalue weighted by atomic mass is 35.5. The number of hydrogen-bond donors (Lipinski definition) is 2. The van der Waals surface area contributed by atoms with E-state index in [0.29, 0.717) is 10.7 Å². The van der Waals surface area contributed by atoms with Crippen molar-refractivity contribution in [2.24, 2.45) is 0 Å². The number of amides is 1. The Morgan fingerprint density at radius 2 is 1.89 bits per heavy atom. The van der Waals surface area contributed by atoms with Crippen LogP contribution >= 0.6 is 23.2 Å². The number of nitrogen functional groups attached to an aromatic ring is 1. The first-order chi connectivity index (χ1) is 8.97. The Balaban J connectivity index is 2.30. The van der Waals surface area contributed by atoms with E-state index in [0.717, 1.165) is 5.56 Å². The van der Waals surface area contributed by atoms with Gasteiger partial charge in [-0.15, -0.1) is 0 Å². The predicted octanol–water partition coefficient (Wildman–Crippen LogP) is 3.53. The van der Waals surface area contributed by atoms with Crippen molar-refractivity contribution in [3.63, 3.8) is 0 Å². The zero-order chi connectivity index (χ0) is 14.0. The van der Waals surface area contributed by atoms with Gasteiger partial charge in [0, 0.05) is 0 Å². The second-order valence-corrected chi connectivity index (χ2v) is 4.82. The molecule has 19 heavy (non-hydrogen) atoms. The molecule has 4 nitrogen and oxygen atoms in total. The van der Waals surface area contributed by atoms with Gasteiger partial charge in [-0.2, -0.15) is 0 Å². The maximum absolute atomic E-state index is 12.1. The molecular weight excluding hydrogens is 285 g/mol. The van der Waals surface area contributed by atoms with Crippen molar-refractivity contribution in [3.05, 3.63) is 51.6 Å². The number of benzene rings is 1. The van der Waals surface area contributed by atoms with Crippen molar-refractivity contribution in [3.8, 4) is 0 Å². The number of nitrogens with zero attached hydrogens (tertiary/aromatic N) is 1. The lowest BCUT2D eigenvalue weighted by Gasteiger charge is -2.09. The Kier molecular flexibility index (Phi) is 3.93. The molecule has 0 saturated heterocycles. The molecule has 0 atom stereocenters. The minimum atomic E-state index is -0.454. The fourth-order valence-electron chi connectivity index (χ4n) is 1.53. The SMILES string of the molecule is Cc1ccc(Cl)c(NC(=O)c2nc(N)ccc2Cl)c1. The van der Waals surface area contributed by atoms with Crippen molar-refractivity contribution in [1.82, 2.24) is 4.98 Å². The molecule has 1 heterocycles. The third-order valence-electron chi connectivity index (χ3n) is 2.45. The van der Waals surface area contributed by atoms with Gasteiger partial charge in [-0.1, -0.05) is 29.3 Å². The molecule has 0 saturated carbocycles. The molecule has 0 spiro atoms. The van der Waals surface area contributed by atoms with E-state index in [1.807, 2.05) is 13.0 Å². The summed E-state index contributed by atoms with van der Waals surface area (Å²) < 4.78 is 0. The van der Waals surface area contributed by atoms with Gasteiger partial charge in [0.25, 0.3) is 5.91 Å². The van der Waals surface area contributed by atoms with Crippen molar-refractivity contribution < 1.29 is 4.79 Å². The summed E-state index contributed by atoms with van der Waals surface area (Å²) >= 11 is 11.9. The predicted molar refractivity (Wildman–Crippen MR) is 77.8 cm³/mol. The van der Waals surface area contributed by atoms with Crippen LogP contribution in [0.2, 0.25) is 10.0 Å². The standard InChI is InChI=1S/C13H11Cl2N3O/c1-7-2-3-8(14)10(6-7)17-13(19)12-9(15)4-5-11(16)18-12/h2-6H,1H3,(H2,16,18)(H,17,19). The van der Waals surface area contributed by atoms with E-state index in [1.165, 1.54) is 12.1 Å². The maximum Gasteiger partial charge on any atom is 0.275 e. The van der Waals surface area contributed by atoms with Gasteiger partial charge < -0.3 is 11.1 Å². The van der Waals surface area contributed by atoms with Crippen LogP contribution in [0.1, 0.15) is 16.1 Å². The summed E-state index contributed by atoms with van der Waals surface area (Å²) in [5, 5.41) is 3.34. The first kappa shape index (κ1) is 13.6. The van der Waals surface area contributed by atoms with Crippen molar-refractivity contribution in [2.45, 2.75) is 6.92 Å². The van der Waals surface area contributed by atoms with Crippen LogP contribution in [-0.4, -0.2) is 10.9 Å². The third kappa shape index (κ3) is 3.16. The molecule has 2 rings (SSSR count). The average molecular weight is 296 g/mol. The van der Waals surface area contributed by atoms with E-state index >= 15 is 0 Å². The highest BCUT2D eigenvalue weighted by molar-refractivity contribution is 6.35. The lowest BCUT2D eigenvalue weighted by molar-refractivity contribution is 0.102. The molecule has 0 bridgehead atoms. The Morgan fingerprint density at radius 1 is 1.21 bits per heavy atom. The smallest absolute Gasteiger partial charge is 0.275 e. The van der Waals surface area contributed by atoms with E-state index in [2.05, 4.69) is 10.3 Å². The second kappa shape index (κ2) is 5.47. The summed E-state index contributed by atoms with van der Waals surface area (Å²) in [5.74, 6) is -0.227. The monoisotopic (exact) mass is 295 g/mol. The zero-order valence-corrected chi connectivity index (χ0v) is 11.6. The van der Waals surface area contributed by atoms with Gasteiger partial charge in [-0.25, -0.2) is 4.98 Å². The van der Waals surface area contributed by atoms with Gasteiger partial charge in [0.1, 0.15) is 11.5 Å². The summed E-state index contributed by atoms with van der Waals surface area (Å²) in [6.07, 6.45) is 0. The van der Waals surface area contributed by atoms with Gasteiger partial charge in [0.15, 0.2) is 0 Å². The molecule has 0 fully saturated rings. The fraction of sp³-hybridized carbons (Fsp3) is 0.0769. The van der Waals surface area contributed by atoms with E-state index in [4.69, 9.17) is 28.9 Å². The number of carbonyl (C=O) groups is 1. The molecule has 0 unspecified atom stereocenters. The zero-order valence-electron chi connectivity index (χ0n) is 10.1. The largest absolute Gasteiger partial charge is 0.384 e. The first-order valence-electron chi connectivity index (χ1n) is 5.47. The van der Waals surface area contributed by atoms with Gasteiger partial charge in [-0.05, 0) is 36.8 Å². The molecule has 1 aromatic heterocycles. The van der Waals surface area contributed by atoms with Crippen LogP contribution < -0.4 is 11.1 Å². The van der Waals surface area contributed by atoms with Crippen LogP contribution in [0.3, 0.4) is 0 Å². The van der Waals surface area contributed by atoms with Crippen LogP contribution in [-0.2, 0) is 0 Å². The van der Waals surface area contributed by atoms with Crippen molar-refractivity contribution in [2.75, 3.05) is 11.1 Å². The van der Waals surface area contributed by atoms with E-state index < -0.39 is 5.91 Å². The minimum absolute atomic E-state index is 0.0687. The first-order valence-corrected chi connectivity index (χ1v) is 6.22. The van der Waals surface area contributed by atoms with E-state index in [-0.39, 0.29) is 16.5 Å². The lowest BCUT2D eigenvalue weighted by atomic mass is 10.2. The molecular formula is C13H11Cl2N3O. The van der Waals surface area contributed by atoms with Crippen LogP contribution in [0.15, 0.2) is 30.3 Å². The molecule has 98 valence electrons. The number of nitrogens with one attached hydrogen (secondary N) is 1. The fourth-order valence-corrected chi connectivity index (χ4v) is 1.89. The quantitative estimate of drug-likeness (QED) is 0.890. The Hall–Kier alpha value is -1.78. The second-order valence-electron chi connectivity index (χ2n) is 4.00. The number of anilines is 2. The molecule has 6 heteroatoms. The third-order valence-corrected chi connectivity index (χ3v) is 3.09. The minimum Gasteiger partial charge on any atom is -0.384 e. The van der Waals surface area contributed by atoms with Gasteiger partial charge >= 0.3 is 0 Å². The number of rotatable bonds is 2. The van der Waals surface area contributed by atoms with Crippen molar-refractivity contribution >= 4 is 40.6 Å². The highest BCUT2D eigenvalue weighted by Crippen LogP contribution is 2.24. The molecule has 1 aromatic carbocycles. The van der Waals surface area contributed by atoms with Gasteiger partial charge in [0.05, 0.1) is 15.7 Å². The molecule has 0 aliphatic heterocycles. The molecule has 0 aliphatic carbocycles. The van der Waals surface area contributed by atoms with Crippen molar-refractivity contribution in [1.29, 1.82) is 0 Å². The number of nitrogens with two attached hydrogens (primary N) is 1. The Morgan fingerprint density at radius 3 is 2.63 bits per heavy atom. The number of halogens is 2. The molecule has 1 amide bonds. The van der Waals surface area contributed by atoms with Crippen LogP contribution in [0.4, 0.5) is 11.5 Å². The molecule has 2 aromatic rings. The van der Waals surface area contributed by atoms with Gasteiger partial charge in [0.2, 0.25) is 0 Å². The average Bonchev–Trinajstić information content (AvgIpc) is 2.36. The Bertz CT molecular complexity index is 644. The van der Waals surface area contributed by atoms with E-state index in [1.54, 1.807) is 12.1 Å². The molecule has 0 radical (unpaired) electrons. The Labute approximate surface area is 120 Å². The summed E-state index contributed by atoms with van der Waals surface area (Å²) in [7, 11) is 0. The van der Waals surface area contributed by atoms with Crippen LogP contribution in [0, 0.1) is 6.92 Å². The number of aryl methyl sites for hydroxylation is 1. The topological polar surface area (TPSA) is 68.0 Å². The van der Waals surface area contributed by atoms with Gasteiger partial charge in [-0.3, -0.25) is 4.79 Å². The maximum atomic E-state index is 12.1. The van der Waals surface area contributed by atoms with E-state index in [9.17, 15) is 4.79 Å². The highest BCUT2D eigenvalue weighted by Gasteiger charge is 2.14. The number of carbonyl (C=O) groups excluding carboxylic acids is 1. The molecule has 0 aliphatic rings. The van der Waals surface area contributed by atoms with Crippen LogP contribution in [0.25, 0.3) is 0 Å². The summed E-state index contributed by atoms with van der Waals surface area (Å²) in [5.41, 5.74) is 7.09. The molecule has 3 N–H and O–H groups in total. The summed E-state index contributed by atoms with van der Waals surface area (Å²) in [6.45, 7) is 1.90. The lowest BCUT2D eigenvalue weighted by Crippen LogP contribution is -2.15. The number of hydrogen-bond acceptors (Lipinski definition) is 3. The summed E-state index contributed by atoms with van der Waals surface area (Å²) in [6, 6.07) is 8.38.